The molecule has 0 bridgehead atoms. The maximum absolute atomic E-state index is 11.4. The van der Waals surface area contributed by atoms with Crippen LogP contribution in [0.1, 0.15) is 39.2 Å². The summed E-state index contributed by atoms with van der Waals surface area (Å²) in [6, 6.07) is 5.51. The van der Waals surface area contributed by atoms with E-state index in [1.54, 1.807) is 12.1 Å². The van der Waals surface area contributed by atoms with Crippen LogP contribution < -0.4 is 10.6 Å². The number of carbonyl (C=O) groups is 1. The van der Waals surface area contributed by atoms with Gasteiger partial charge in [-0.3, -0.25) is 0 Å². The molecule has 0 fully saturated rings. The van der Waals surface area contributed by atoms with Gasteiger partial charge in [-0.1, -0.05) is 0 Å². The van der Waals surface area contributed by atoms with Gasteiger partial charge in [0.05, 0.1) is 12.2 Å². The Morgan fingerprint density at radius 3 is 2.71 bits per heavy atom. The predicted octanol–water partition coefficient (Wildman–Crippen LogP) is 2.67. The third-order valence-corrected chi connectivity index (χ3v) is 2.48. The molecule has 0 aliphatic heterocycles. The number of carbonyl (C=O) groups excluding carboxylic acids is 1. The maximum Gasteiger partial charge on any atom is 0.407 e. The first-order valence-electron chi connectivity index (χ1n) is 6.96. The first-order chi connectivity index (χ1) is 9.90. The molecule has 114 valence electrons. The molecule has 0 radical (unpaired) electrons. The Bertz CT molecular complexity index is 486. The van der Waals surface area contributed by atoms with E-state index in [-0.39, 0.29) is 11.6 Å². The number of aromatic nitrogens is 1. The van der Waals surface area contributed by atoms with Crippen LogP contribution in [0.15, 0.2) is 18.3 Å². The van der Waals surface area contributed by atoms with E-state index in [0.717, 1.165) is 25.2 Å². The quantitative estimate of drug-likeness (QED) is 0.786. The van der Waals surface area contributed by atoms with Gasteiger partial charge in [0.2, 0.25) is 0 Å². The molecule has 0 saturated carbocycles. The average Bonchev–Trinajstić information content (AvgIpc) is 2.41. The molecule has 0 aliphatic carbocycles. The highest BCUT2D eigenvalue weighted by Crippen LogP contribution is 2.04. The molecule has 0 atom stereocenters. The molecule has 1 aromatic rings. The molecule has 0 unspecified atom stereocenters. The Morgan fingerprint density at radius 1 is 1.38 bits per heavy atom. The highest BCUT2D eigenvalue weighted by molar-refractivity contribution is 5.67. The molecule has 1 amide bonds. The summed E-state index contributed by atoms with van der Waals surface area (Å²) < 4.78 is 5.07. The molecular weight excluding hydrogens is 268 g/mol. The molecule has 0 aromatic carbocycles. The number of rotatable bonds is 6. The zero-order chi connectivity index (χ0) is 15.7. The molecule has 1 rings (SSSR count). The number of anilines is 1. The second kappa shape index (κ2) is 8.10. The molecule has 6 nitrogen and oxygen atoms in total. The highest BCUT2D eigenvalue weighted by atomic mass is 16.5. The van der Waals surface area contributed by atoms with Gasteiger partial charge in [-0.15, -0.1) is 0 Å². The number of alkyl carbamates (subject to hydrolysis) is 1. The lowest BCUT2D eigenvalue weighted by Gasteiger charge is -2.19. The number of nitriles is 1. The van der Waals surface area contributed by atoms with Gasteiger partial charge in [-0.25, -0.2) is 9.78 Å². The van der Waals surface area contributed by atoms with Crippen LogP contribution in [0, 0.1) is 11.3 Å². The Morgan fingerprint density at radius 2 is 2.14 bits per heavy atom. The minimum atomic E-state index is -0.385. The van der Waals surface area contributed by atoms with E-state index in [1.807, 2.05) is 26.8 Å². The summed E-state index contributed by atoms with van der Waals surface area (Å²) in [5.41, 5.74) is 0.263. The Balaban J connectivity index is 2.09. The molecule has 0 saturated heterocycles. The summed E-state index contributed by atoms with van der Waals surface area (Å²) in [5, 5.41) is 14.5. The van der Waals surface area contributed by atoms with Gasteiger partial charge in [-0.2, -0.15) is 5.26 Å². The number of ether oxygens (including phenoxy) is 1. The van der Waals surface area contributed by atoms with Gasteiger partial charge in [0.25, 0.3) is 0 Å². The zero-order valence-corrected chi connectivity index (χ0v) is 12.8. The van der Waals surface area contributed by atoms with Crippen LogP contribution in [0.4, 0.5) is 10.6 Å². The van der Waals surface area contributed by atoms with E-state index in [9.17, 15) is 4.79 Å². The minimum absolute atomic E-state index is 0.278. The van der Waals surface area contributed by atoms with Crippen LogP contribution in [0.2, 0.25) is 0 Å². The molecule has 0 aliphatic rings. The third-order valence-electron chi connectivity index (χ3n) is 2.48. The average molecular weight is 290 g/mol. The summed E-state index contributed by atoms with van der Waals surface area (Å²) in [6.07, 6.45) is 2.79. The second-order valence-electron chi connectivity index (χ2n) is 5.69. The van der Waals surface area contributed by atoms with Crippen molar-refractivity contribution in [2.45, 2.75) is 39.2 Å². The van der Waals surface area contributed by atoms with Crippen LogP contribution in [-0.4, -0.2) is 29.8 Å². The van der Waals surface area contributed by atoms with Crippen LogP contribution in [0.3, 0.4) is 0 Å². The van der Waals surface area contributed by atoms with E-state index in [1.165, 1.54) is 6.20 Å². The normalized spacial score (nSPS) is 10.6. The number of hydrogen-bond donors (Lipinski definition) is 2. The Hall–Kier alpha value is -2.29. The van der Waals surface area contributed by atoms with Gasteiger partial charge < -0.3 is 15.4 Å². The second-order valence-corrected chi connectivity index (χ2v) is 5.69. The van der Waals surface area contributed by atoms with Crippen molar-refractivity contribution in [3.05, 3.63) is 23.9 Å². The van der Waals surface area contributed by atoms with Crippen LogP contribution in [0.5, 0.6) is 0 Å². The van der Waals surface area contributed by atoms with Crippen molar-refractivity contribution >= 4 is 11.9 Å². The Labute approximate surface area is 125 Å². The standard InChI is InChI=1S/C15H22N4O2/c1-15(2,3)19-14(20)21-9-5-4-8-17-13-7-6-12(10-16)11-18-13/h6-7,11H,4-5,8-9H2,1-3H3,(H,17,18)(H,19,20). The SMILES string of the molecule is CC(C)(C)NC(=O)OCCCCNc1ccc(C#N)cn1. The number of nitrogens with one attached hydrogen (secondary N) is 2. The first-order valence-corrected chi connectivity index (χ1v) is 6.96. The van der Waals surface area contributed by atoms with Crippen LogP contribution >= 0.6 is 0 Å². The van der Waals surface area contributed by atoms with E-state index < -0.39 is 0 Å². The predicted molar refractivity (Wildman–Crippen MR) is 80.9 cm³/mol. The topological polar surface area (TPSA) is 87.0 Å². The highest BCUT2D eigenvalue weighted by Gasteiger charge is 2.13. The van der Waals surface area contributed by atoms with Gasteiger partial charge in [0, 0.05) is 18.3 Å². The summed E-state index contributed by atoms with van der Waals surface area (Å²) in [4.78, 5) is 15.5. The first kappa shape index (κ1) is 16.8. The van der Waals surface area contributed by atoms with E-state index >= 15 is 0 Å². The fourth-order valence-electron chi connectivity index (χ4n) is 1.52. The summed E-state index contributed by atoms with van der Waals surface area (Å²) in [7, 11) is 0. The molecular formula is C15H22N4O2. The van der Waals surface area contributed by atoms with E-state index in [0.29, 0.717) is 12.2 Å². The molecule has 1 heterocycles. The number of amides is 1. The lowest BCUT2D eigenvalue weighted by atomic mass is 10.1. The van der Waals surface area contributed by atoms with E-state index in [4.69, 9.17) is 10.00 Å². The zero-order valence-electron chi connectivity index (χ0n) is 12.8. The number of unbranched alkanes of at least 4 members (excludes halogenated alkanes) is 1. The maximum atomic E-state index is 11.4. The molecule has 0 spiro atoms. The molecule has 1 aromatic heterocycles. The van der Waals surface area contributed by atoms with Gasteiger partial charge in [0.15, 0.2) is 0 Å². The largest absolute Gasteiger partial charge is 0.450 e. The number of nitrogens with zero attached hydrogens (tertiary/aromatic N) is 2. The van der Waals surface area contributed by atoms with Gasteiger partial charge in [0.1, 0.15) is 11.9 Å². The van der Waals surface area contributed by atoms with Crippen molar-refractivity contribution in [1.29, 1.82) is 5.26 Å². The number of pyridine rings is 1. The van der Waals surface area contributed by atoms with Crippen molar-refractivity contribution in [3.63, 3.8) is 0 Å². The summed E-state index contributed by atoms with van der Waals surface area (Å²) in [6.45, 7) is 6.85. The fraction of sp³-hybridized carbons (Fsp3) is 0.533. The smallest absolute Gasteiger partial charge is 0.407 e. The van der Waals surface area contributed by atoms with Crippen LogP contribution in [-0.2, 0) is 4.74 Å². The van der Waals surface area contributed by atoms with Crippen molar-refractivity contribution < 1.29 is 9.53 Å². The van der Waals surface area contributed by atoms with E-state index in [2.05, 4.69) is 15.6 Å². The van der Waals surface area contributed by atoms with Gasteiger partial charge >= 0.3 is 6.09 Å². The van der Waals surface area contributed by atoms with Crippen molar-refractivity contribution in [2.75, 3.05) is 18.5 Å². The van der Waals surface area contributed by atoms with Gasteiger partial charge in [-0.05, 0) is 45.7 Å². The molecule has 6 heteroatoms. The van der Waals surface area contributed by atoms with Crippen molar-refractivity contribution in [3.8, 4) is 6.07 Å². The number of hydrogen-bond acceptors (Lipinski definition) is 5. The van der Waals surface area contributed by atoms with Crippen molar-refractivity contribution in [2.24, 2.45) is 0 Å². The monoisotopic (exact) mass is 290 g/mol. The molecule has 2 N–H and O–H groups in total. The van der Waals surface area contributed by atoms with Crippen LogP contribution in [0.25, 0.3) is 0 Å². The summed E-state index contributed by atoms with van der Waals surface area (Å²) >= 11 is 0. The Kier molecular flexibility index (Phi) is 6.47. The lowest BCUT2D eigenvalue weighted by Crippen LogP contribution is -2.41. The van der Waals surface area contributed by atoms with Crippen molar-refractivity contribution in [1.82, 2.24) is 10.3 Å². The lowest BCUT2D eigenvalue weighted by molar-refractivity contribution is 0.136. The summed E-state index contributed by atoms with van der Waals surface area (Å²) in [5.74, 6) is 0.736. The fourth-order valence-corrected chi connectivity index (χ4v) is 1.52. The third kappa shape index (κ3) is 7.78. The molecule has 21 heavy (non-hydrogen) atoms. The minimum Gasteiger partial charge on any atom is -0.450 e.